The zero-order chi connectivity index (χ0) is 20.8. The molecule has 150 valence electrons. The molecular weight excluding hydrogens is 382 g/mol. The molecule has 3 heterocycles. The van der Waals surface area contributed by atoms with Crippen LogP contribution in [0.25, 0.3) is 0 Å². The average Bonchev–Trinajstić information content (AvgIpc) is 3.27. The van der Waals surface area contributed by atoms with E-state index in [1.54, 1.807) is 72.9 Å². The van der Waals surface area contributed by atoms with Crippen molar-refractivity contribution in [2.75, 3.05) is 12.0 Å². The Morgan fingerprint density at radius 1 is 0.967 bits per heavy atom. The summed E-state index contributed by atoms with van der Waals surface area (Å²) in [6.07, 6.45) is 5.17. The van der Waals surface area contributed by atoms with Crippen LogP contribution < -0.4 is 9.64 Å². The monoisotopic (exact) mass is 401 g/mol. The van der Waals surface area contributed by atoms with Gasteiger partial charge in [0.1, 0.15) is 11.8 Å². The highest BCUT2D eigenvalue weighted by atomic mass is 16.5. The third kappa shape index (κ3) is 2.58. The number of rotatable bonds is 4. The Hall–Kier alpha value is -3.74. The van der Waals surface area contributed by atoms with Crippen LogP contribution in [0.1, 0.15) is 10.4 Å². The topological polar surface area (TPSA) is 79.3 Å². The molecule has 1 unspecified atom stereocenters. The van der Waals surface area contributed by atoms with Gasteiger partial charge >= 0.3 is 0 Å². The number of hydrazone groups is 1. The Balaban J connectivity index is 1.56. The van der Waals surface area contributed by atoms with Crippen LogP contribution in [-0.4, -0.2) is 48.0 Å². The number of fused-ring (bicyclic) bond motifs is 3. The minimum absolute atomic E-state index is 0.210. The van der Waals surface area contributed by atoms with Crippen LogP contribution >= 0.6 is 0 Å². The SMILES string of the molecule is COc1ccc(N2C(=O)[C@H]3[C@@H](C2=O)C2C=CC=NN2[C@H]3C(=O)c2ccccc2)cc1. The first-order chi connectivity index (χ1) is 14.6. The fraction of sp³-hybridized carbons (Fsp3) is 0.217. The summed E-state index contributed by atoms with van der Waals surface area (Å²) in [7, 11) is 1.55. The van der Waals surface area contributed by atoms with E-state index in [1.165, 1.54) is 4.90 Å². The number of anilines is 1. The summed E-state index contributed by atoms with van der Waals surface area (Å²) >= 11 is 0. The number of amides is 2. The van der Waals surface area contributed by atoms with Gasteiger partial charge in [-0.15, -0.1) is 0 Å². The molecule has 2 aromatic rings. The smallest absolute Gasteiger partial charge is 0.240 e. The zero-order valence-electron chi connectivity index (χ0n) is 16.2. The van der Waals surface area contributed by atoms with Gasteiger partial charge in [-0.2, -0.15) is 5.10 Å². The molecule has 0 aliphatic carbocycles. The maximum Gasteiger partial charge on any atom is 0.240 e. The number of allylic oxidation sites excluding steroid dienone is 1. The summed E-state index contributed by atoms with van der Waals surface area (Å²) in [6.45, 7) is 0. The van der Waals surface area contributed by atoms with E-state index in [4.69, 9.17) is 4.74 Å². The predicted octanol–water partition coefficient (Wildman–Crippen LogP) is 2.29. The molecule has 4 atom stereocenters. The lowest BCUT2D eigenvalue weighted by molar-refractivity contribution is -0.123. The van der Waals surface area contributed by atoms with E-state index in [0.29, 0.717) is 17.0 Å². The molecule has 5 rings (SSSR count). The Bertz CT molecular complexity index is 1080. The van der Waals surface area contributed by atoms with Crippen molar-refractivity contribution in [3.05, 3.63) is 72.3 Å². The number of imide groups is 1. The van der Waals surface area contributed by atoms with E-state index in [9.17, 15) is 14.4 Å². The average molecular weight is 401 g/mol. The van der Waals surface area contributed by atoms with Gasteiger partial charge < -0.3 is 4.74 Å². The number of hydrogen-bond donors (Lipinski definition) is 0. The summed E-state index contributed by atoms with van der Waals surface area (Å²) < 4.78 is 5.16. The van der Waals surface area contributed by atoms with E-state index >= 15 is 0 Å². The molecule has 0 saturated carbocycles. The van der Waals surface area contributed by atoms with Crippen molar-refractivity contribution in [1.82, 2.24) is 5.01 Å². The molecule has 0 radical (unpaired) electrons. The Morgan fingerprint density at radius 3 is 2.37 bits per heavy atom. The summed E-state index contributed by atoms with van der Waals surface area (Å²) in [5.74, 6) is -1.72. The molecular formula is C23H19N3O4. The van der Waals surface area contributed by atoms with Crippen LogP contribution in [0.4, 0.5) is 5.69 Å². The Kier molecular flexibility index (Phi) is 4.24. The standard InChI is InChI=1S/C23H19N3O4/c1-30-16-11-9-15(10-12-16)25-22(28)18-17-8-5-13-24-26(17)20(19(18)23(25)29)21(27)14-6-3-2-4-7-14/h2-13,17-20H,1H3/t17?,18-,19-,20+/m0/s1. The molecule has 2 fully saturated rings. The molecule has 2 saturated heterocycles. The highest BCUT2D eigenvalue weighted by Crippen LogP contribution is 2.46. The molecule has 2 amide bonds. The van der Waals surface area contributed by atoms with Crippen LogP contribution in [0.3, 0.4) is 0 Å². The van der Waals surface area contributed by atoms with Gasteiger partial charge in [0, 0.05) is 11.8 Å². The number of ketones is 1. The lowest BCUT2D eigenvalue weighted by atomic mass is 9.86. The van der Waals surface area contributed by atoms with E-state index in [-0.39, 0.29) is 17.6 Å². The summed E-state index contributed by atoms with van der Waals surface area (Å²) in [4.78, 5) is 41.4. The molecule has 0 N–H and O–H groups in total. The highest BCUT2D eigenvalue weighted by Gasteiger charge is 2.64. The Labute approximate surface area is 173 Å². The van der Waals surface area contributed by atoms with Crippen LogP contribution in [0.15, 0.2) is 71.9 Å². The van der Waals surface area contributed by atoms with Crippen molar-refractivity contribution in [1.29, 1.82) is 0 Å². The molecule has 7 heteroatoms. The minimum Gasteiger partial charge on any atom is -0.497 e. The first kappa shape index (κ1) is 18.3. The maximum atomic E-state index is 13.5. The van der Waals surface area contributed by atoms with Gasteiger partial charge in [0.05, 0.1) is 30.7 Å². The van der Waals surface area contributed by atoms with Crippen LogP contribution in [0.5, 0.6) is 5.75 Å². The van der Waals surface area contributed by atoms with Crippen molar-refractivity contribution in [3.63, 3.8) is 0 Å². The number of benzene rings is 2. The highest BCUT2D eigenvalue weighted by molar-refractivity contribution is 6.24. The molecule has 0 bridgehead atoms. The molecule has 30 heavy (non-hydrogen) atoms. The molecule has 3 aliphatic rings. The fourth-order valence-electron chi connectivity index (χ4n) is 4.60. The second-order valence-electron chi connectivity index (χ2n) is 7.46. The first-order valence-corrected chi connectivity index (χ1v) is 9.72. The van der Waals surface area contributed by atoms with Gasteiger partial charge in [0.25, 0.3) is 0 Å². The number of Topliss-reactive ketones (excluding diaryl/α,β-unsaturated/α-hetero) is 1. The summed E-state index contributed by atoms with van der Waals surface area (Å²) in [5, 5.41) is 5.97. The van der Waals surface area contributed by atoms with Crippen molar-refractivity contribution < 1.29 is 19.1 Å². The van der Waals surface area contributed by atoms with Crippen molar-refractivity contribution in [2.24, 2.45) is 16.9 Å². The van der Waals surface area contributed by atoms with Crippen LogP contribution in [0.2, 0.25) is 0 Å². The second kappa shape index (κ2) is 6.95. The summed E-state index contributed by atoms with van der Waals surface area (Å²) in [5.41, 5.74) is 0.968. The van der Waals surface area contributed by atoms with Gasteiger partial charge in [-0.05, 0) is 30.3 Å². The van der Waals surface area contributed by atoms with Crippen LogP contribution in [0, 0.1) is 11.8 Å². The molecule has 2 aromatic carbocycles. The lowest BCUT2D eigenvalue weighted by Crippen LogP contribution is -2.46. The summed E-state index contributed by atoms with van der Waals surface area (Å²) in [6, 6.07) is 14.3. The first-order valence-electron chi connectivity index (χ1n) is 9.72. The maximum absolute atomic E-state index is 13.5. The number of nitrogens with zero attached hydrogens (tertiary/aromatic N) is 3. The van der Waals surface area contributed by atoms with E-state index in [1.807, 2.05) is 12.1 Å². The minimum atomic E-state index is -0.830. The number of hydrogen-bond acceptors (Lipinski definition) is 6. The van der Waals surface area contributed by atoms with Gasteiger partial charge in [0.2, 0.25) is 11.8 Å². The van der Waals surface area contributed by atoms with Gasteiger partial charge in [0.15, 0.2) is 5.78 Å². The van der Waals surface area contributed by atoms with Crippen LogP contribution in [-0.2, 0) is 9.59 Å². The van der Waals surface area contributed by atoms with E-state index in [2.05, 4.69) is 5.10 Å². The fourth-order valence-corrected chi connectivity index (χ4v) is 4.60. The second-order valence-corrected chi connectivity index (χ2v) is 7.46. The predicted molar refractivity (Wildman–Crippen MR) is 110 cm³/mol. The van der Waals surface area contributed by atoms with Gasteiger partial charge in [-0.1, -0.05) is 36.4 Å². The number of carbonyl (C=O) groups is 3. The van der Waals surface area contributed by atoms with E-state index in [0.717, 1.165) is 0 Å². The molecule has 7 nitrogen and oxygen atoms in total. The quantitative estimate of drug-likeness (QED) is 0.580. The third-order valence-corrected chi connectivity index (χ3v) is 5.95. The van der Waals surface area contributed by atoms with Crippen molar-refractivity contribution in [3.8, 4) is 5.75 Å². The van der Waals surface area contributed by atoms with Gasteiger partial charge in [-0.3, -0.25) is 19.4 Å². The molecule has 0 spiro atoms. The molecule has 3 aliphatic heterocycles. The Morgan fingerprint density at radius 2 is 1.67 bits per heavy atom. The zero-order valence-corrected chi connectivity index (χ0v) is 16.2. The normalized spacial score (nSPS) is 26.7. The van der Waals surface area contributed by atoms with Crippen molar-refractivity contribution >= 4 is 29.5 Å². The lowest BCUT2D eigenvalue weighted by Gasteiger charge is -2.30. The number of carbonyl (C=O) groups excluding carboxylic acids is 3. The van der Waals surface area contributed by atoms with Gasteiger partial charge in [-0.25, -0.2) is 4.90 Å². The largest absolute Gasteiger partial charge is 0.497 e. The molecule has 0 aromatic heterocycles. The van der Waals surface area contributed by atoms with Crippen molar-refractivity contribution in [2.45, 2.75) is 12.1 Å². The third-order valence-electron chi connectivity index (χ3n) is 5.95. The number of ether oxygens (including phenoxy) is 1. The van der Waals surface area contributed by atoms with E-state index < -0.39 is 23.9 Å². The number of methoxy groups -OCH3 is 1.